The largest absolute Gasteiger partial charge is 0.493 e. The van der Waals surface area contributed by atoms with Crippen molar-refractivity contribution in [2.24, 2.45) is 0 Å². The molecule has 1 saturated heterocycles. The van der Waals surface area contributed by atoms with E-state index in [2.05, 4.69) is 17.1 Å². The van der Waals surface area contributed by atoms with Crippen molar-refractivity contribution in [2.75, 3.05) is 41.0 Å². The Morgan fingerprint density at radius 1 is 1.15 bits per heavy atom. The number of hydrogen-bond acceptors (Lipinski definition) is 5. The van der Waals surface area contributed by atoms with Crippen LogP contribution in [0.15, 0.2) is 12.1 Å². The molecule has 1 N–H and O–H groups in total. The third kappa shape index (κ3) is 5.53. The van der Waals surface area contributed by atoms with E-state index in [0.29, 0.717) is 29.8 Å². The fourth-order valence-electron chi connectivity index (χ4n) is 3.49. The Kier molecular flexibility index (Phi) is 8.04. The SMILES string of the molecule is COc1cc(CC(=O)NCCCN2CCCCC2C)cc(OC)c1OC. The first-order valence-electron chi connectivity index (χ1n) is 9.38. The predicted octanol–water partition coefficient (Wildman–Crippen LogP) is 2.64. The number of nitrogens with one attached hydrogen (secondary N) is 1. The van der Waals surface area contributed by atoms with Gasteiger partial charge in [-0.25, -0.2) is 0 Å². The molecule has 1 fully saturated rings. The minimum atomic E-state index is 0.00552. The zero-order valence-corrected chi connectivity index (χ0v) is 16.5. The molecule has 1 amide bonds. The highest BCUT2D eigenvalue weighted by Crippen LogP contribution is 2.38. The van der Waals surface area contributed by atoms with Gasteiger partial charge in [0, 0.05) is 19.1 Å². The van der Waals surface area contributed by atoms with Gasteiger partial charge in [-0.3, -0.25) is 4.79 Å². The van der Waals surface area contributed by atoms with Gasteiger partial charge >= 0.3 is 0 Å². The monoisotopic (exact) mass is 364 g/mol. The van der Waals surface area contributed by atoms with E-state index < -0.39 is 0 Å². The molecule has 2 rings (SSSR count). The van der Waals surface area contributed by atoms with Crippen LogP contribution in [0, 0.1) is 0 Å². The van der Waals surface area contributed by atoms with Crippen LogP contribution in [0.1, 0.15) is 38.2 Å². The summed E-state index contributed by atoms with van der Waals surface area (Å²) in [6.45, 7) is 5.22. The Hall–Kier alpha value is -1.95. The fraction of sp³-hybridized carbons (Fsp3) is 0.650. The molecule has 26 heavy (non-hydrogen) atoms. The Balaban J connectivity index is 1.82. The molecule has 1 aliphatic rings. The van der Waals surface area contributed by atoms with Gasteiger partial charge in [0.2, 0.25) is 11.7 Å². The Morgan fingerprint density at radius 2 is 1.85 bits per heavy atom. The number of hydrogen-bond donors (Lipinski definition) is 1. The fourth-order valence-corrected chi connectivity index (χ4v) is 3.49. The molecule has 1 unspecified atom stereocenters. The van der Waals surface area contributed by atoms with Gasteiger partial charge in [-0.05, 0) is 50.4 Å². The number of benzene rings is 1. The summed E-state index contributed by atoms with van der Waals surface area (Å²) in [7, 11) is 4.71. The van der Waals surface area contributed by atoms with Crippen molar-refractivity contribution in [3.8, 4) is 17.2 Å². The molecule has 0 spiro atoms. The highest BCUT2D eigenvalue weighted by atomic mass is 16.5. The first kappa shape index (κ1) is 20.4. The second-order valence-corrected chi connectivity index (χ2v) is 6.79. The first-order chi connectivity index (χ1) is 12.6. The minimum absolute atomic E-state index is 0.00552. The molecule has 1 heterocycles. The van der Waals surface area contributed by atoms with E-state index in [0.717, 1.165) is 18.5 Å². The van der Waals surface area contributed by atoms with E-state index in [9.17, 15) is 4.79 Å². The summed E-state index contributed by atoms with van der Waals surface area (Å²) >= 11 is 0. The van der Waals surface area contributed by atoms with Crippen LogP contribution >= 0.6 is 0 Å². The van der Waals surface area contributed by atoms with Crippen LogP contribution in [0.25, 0.3) is 0 Å². The van der Waals surface area contributed by atoms with Gasteiger partial charge in [0.15, 0.2) is 11.5 Å². The molecule has 0 bridgehead atoms. The third-order valence-corrected chi connectivity index (χ3v) is 4.97. The number of rotatable bonds is 9. The smallest absolute Gasteiger partial charge is 0.224 e. The van der Waals surface area contributed by atoms with E-state index in [-0.39, 0.29) is 12.3 Å². The first-order valence-corrected chi connectivity index (χ1v) is 9.38. The molecule has 6 heteroatoms. The van der Waals surface area contributed by atoms with Crippen molar-refractivity contribution < 1.29 is 19.0 Å². The summed E-state index contributed by atoms with van der Waals surface area (Å²) in [6, 6.07) is 4.30. The second kappa shape index (κ2) is 10.3. The standard InChI is InChI=1S/C20H32N2O4/c1-15-8-5-6-10-22(15)11-7-9-21-19(23)14-16-12-17(24-2)20(26-4)18(13-16)25-3/h12-13,15H,5-11,14H2,1-4H3,(H,21,23). The van der Waals surface area contributed by atoms with E-state index >= 15 is 0 Å². The van der Waals surface area contributed by atoms with Crippen LogP contribution in [0.3, 0.4) is 0 Å². The van der Waals surface area contributed by atoms with Gasteiger partial charge in [-0.2, -0.15) is 0 Å². The maximum atomic E-state index is 12.2. The molecular formula is C20H32N2O4. The summed E-state index contributed by atoms with van der Waals surface area (Å²) in [5.41, 5.74) is 0.835. The van der Waals surface area contributed by atoms with Crippen molar-refractivity contribution in [1.29, 1.82) is 0 Å². The summed E-state index contributed by atoms with van der Waals surface area (Å²) < 4.78 is 16.0. The van der Waals surface area contributed by atoms with Crippen molar-refractivity contribution in [1.82, 2.24) is 10.2 Å². The maximum absolute atomic E-state index is 12.2. The molecule has 6 nitrogen and oxygen atoms in total. The molecule has 1 aromatic carbocycles. The third-order valence-electron chi connectivity index (χ3n) is 4.97. The van der Waals surface area contributed by atoms with Crippen LogP contribution < -0.4 is 19.5 Å². The van der Waals surface area contributed by atoms with E-state index in [1.807, 2.05) is 12.1 Å². The van der Waals surface area contributed by atoms with Crippen LogP contribution in [0.2, 0.25) is 0 Å². The lowest BCUT2D eigenvalue weighted by atomic mass is 10.0. The molecule has 0 aromatic heterocycles. The van der Waals surface area contributed by atoms with Crippen LogP contribution in [-0.4, -0.2) is 57.8 Å². The number of methoxy groups -OCH3 is 3. The number of ether oxygens (including phenoxy) is 3. The molecule has 0 aliphatic carbocycles. The van der Waals surface area contributed by atoms with Gasteiger partial charge in [0.1, 0.15) is 0 Å². The predicted molar refractivity (Wildman–Crippen MR) is 102 cm³/mol. The lowest BCUT2D eigenvalue weighted by Crippen LogP contribution is -2.39. The highest BCUT2D eigenvalue weighted by molar-refractivity contribution is 5.79. The molecule has 1 aliphatic heterocycles. The molecule has 1 atom stereocenters. The molecular weight excluding hydrogens is 332 g/mol. The zero-order valence-electron chi connectivity index (χ0n) is 16.5. The van der Waals surface area contributed by atoms with Crippen molar-refractivity contribution in [3.05, 3.63) is 17.7 Å². The Bertz CT molecular complexity index is 566. The van der Waals surface area contributed by atoms with Gasteiger partial charge in [0.05, 0.1) is 27.8 Å². The number of carbonyl (C=O) groups excluding carboxylic acids is 1. The summed E-state index contributed by atoms with van der Waals surface area (Å²) in [5, 5.41) is 3.01. The summed E-state index contributed by atoms with van der Waals surface area (Å²) in [4.78, 5) is 14.8. The highest BCUT2D eigenvalue weighted by Gasteiger charge is 2.17. The summed E-state index contributed by atoms with van der Waals surface area (Å²) in [5.74, 6) is 1.67. The Morgan fingerprint density at radius 3 is 2.42 bits per heavy atom. The lowest BCUT2D eigenvalue weighted by Gasteiger charge is -2.33. The minimum Gasteiger partial charge on any atom is -0.493 e. The average Bonchev–Trinajstić information content (AvgIpc) is 2.65. The van der Waals surface area contributed by atoms with Crippen LogP contribution in [0.5, 0.6) is 17.2 Å². The van der Waals surface area contributed by atoms with Gasteiger partial charge in [-0.15, -0.1) is 0 Å². The van der Waals surface area contributed by atoms with Gasteiger partial charge in [0.25, 0.3) is 0 Å². The molecule has 146 valence electrons. The van der Waals surface area contributed by atoms with E-state index in [4.69, 9.17) is 14.2 Å². The lowest BCUT2D eigenvalue weighted by molar-refractivity contribution is -0.120. The van der Waals surface area contributed by atoms with Gasteiger partial charge < -0.3 is 24.4 Å². The topological polar surface area (TPSA) is 60.0 Å². The number of likely N-dealkylation sites (tertiary alicyclic amines) is 1. The van der Waals surface area contributed by atoms with E-state index in [1.165, 1.54) is 25.8 Å². The maximum Gasteiger partial charge on any atom is 0.224 e. The number of piperidine rings is 1. The quantitative estimate of drug-likeness (QED) is 0.683. The molecule has 1 aromatic rings. The Labute approximate surface area is 156 Å². The van der Waals surface area contributed by atoms with Crippen molar-refractivity contribution >= 4 is 5.91 Å². The van der Waals surface area contributed by atoms with Crippen LogP contribution in [0.4, 0.5) is 0 Å². The normalized spacial score (nSPS) is 17.6. The van der Waals surface area contributed by atoms with Crippen molar-refractivity contribution in [2.45, 2.75) is 45.1 Å². The molecule has 0 saturated carbocycles. The number of nitrogens with zero attached hydrogens (tertiary/aromatic N) is 1. The number of carbonyl (C=O) groups is 1. The van der Waals surface area contributed by atoms with Gasteiger partial charge in [-0.1, -0.05) is 6.42 Å². The van der Waals surface area contributed by atoms with Crippen molar-refractivity contribution in [3.63, 3.8) is 0 Å². The van der Waals surface area contributed by atoms with E-state index in [1.54, 1.807) is 21.3 Å². The number of amides is 1. The molecule has 0 radical (unpaired) electrons. The average molecular weight is 364 g/mol. The summed E-state index contributed by atoms with van der Waals surface area (Å²) in [6.07, 6.45) is 5.18. The second-order valence-electron chi connectivity index (χ2n) is 6.79. The van der Waals surface area contributed by atoms with Crippen LogP contribution in [-0.2, 0) is 11.2 Å². The zero-order chi connectivity index (χ0) is 18.9.